The fraction of sp³-hybridized carbons (Fsp3) is 0.167. The van der Waals surface area contributed by atoms with Gasteiger partial charge in [-0.15, -0.1) is 0 Å². The van der Waals surface area contributed by atoms with Gasteiger partial charge in [-0.2, -0.15) is 5.10 Å². The summed E-state index contributed by atoms with van der Waals surface area (Å²) in [5.41, 5.74) is 2.46. The lowest BCUT2D eigenvalue weighted by Crippen LogP contribution is -1.97. The third-order valence-corrected chi connectivity index (χ3v) is 2.73. The lowest BCUT2D eigenvalue weighted by Gasteiger charge is -2.03. The second-order valence-electron chi connectivity index (χ2n) is 3.65. The molecule has 4 heteroatoms. The molecule has 0 saturated heterocycles. The van der Waals surface area contributed by atoms with Crippen molar-refractivity contribution in [1.82, 2.24) is 9.78 Å². The number of carbonyl (C=O) groups excluding carboxylic acids is 1. The van der Waals surface area contributed by atoms with E-state index in [9.17, 15) is 4.79 Å². The summed E-state index contributed by atoms with van der Waals surface area (Å²) in [6, 6.07) is 7.78. The molecule has 0 unspecified atom stereocenters. The molecule has 0 aliphatic carbocycles. The number of hydrogen-bond donors (Lipinski definition) is 0. The van der Waals surface area contributed by atoms with Crippen LogP contribution in [0.5, 0.6) is 0 Å². The molecule has 2 rings (SSSR count). The molecule has 0 aliphatic rings. The Balaban J connectivity index is 2.49. The van der Waals surface area contributed by atoms with Gasteiger partial charge in [0.25, 0.3) is 0 Å². The lowest BCUT2D eigenvalue weighted by molar-refractivity contribution is 0.101. The number of aromatic nitrogens is 2. The minimum Gasteiger partial charge on any atom is -0.294 e. The second-order valence-corrected chi connectivity index (χ2v) is 4.01. The van der Waals surface area contributed by atoms with E-state index in [-0.39, 0.29) is 5.78 Å². The highest BCUT2D eigenvalue weighted by Gasteiger charge is 2.12. The predicted molar refractivity (Wildman–Crippen MR) is 63.3 cm³/mol. The van der Waals surface area contributed by atoms with Crippen molar-refractivity contribution in [2.75, 3.05) is 0 Å². The zero-order valence-electron chi connectivity index (χ0n) is 9.07. The van der Waals surface area contributed by atoms with Crippen LogP contribution in [0.15, 0.2) is 30.5 Å². The standard InChI is InChI=1S/C12H11ClN2O/c1-8-3-5-10(6-4-8)15-12(13)11(7-14-15)9(2)16/h3-7H,1-2H3. The summed E-state index contributed by atoms with van der Waals surface area (Å²) in [4.78, 5) is 11.2. The fourth-order valence-corrected chi connectivity index (χ4v) is 1.76. The van der Waals surface area contributed by atoms with Gasteiger partial charge in [-0.3, -0.25) is 4.79 Å². The van der Waals surface area contributed by atoms with Crippen LogP contribution >= 0.6 is 11.6 Å². The first kappa shape index (κ1) is 10.9. The molecule has 16 heavy (non-hydrogen) atoms. The minimum absolute atomic E-state index is 0.0802. The van der Waals surface area contributed by atoms with Gasteiger partial charge < -0.3 is 0 Å². The zero-order valence-corrected chi connectivity index (χ0v) is 9.82. The number of hydrogen-bond acceptors (Lipinski definition) is 2. The van der Waals surface area contributed by atoms with E-state index in [0.717, 1.165) is 5.69 Å². The van der Waals surface area contributed by atoms with E-state index in [1.807, 2.05) is 31.2 Å². The van der Waals surface area contributed by atoms with E-state index < -0.39 is 0 Å². The van der Waals surface area contributed by atoms with Crippen molar-refractivity contribution in [3.05, 3.63) is 46.7 Å². The normalized spacial score (nSPS) is 10.4. The van der Waals surface area contributed by atoms with Crippen LogP contribution in [-0.4, -0.2) is 15.6 Å². The van der Waals surface area contributed by atoms with Crippen molar-refractivity contribution in [3.8, 4) is 5.69 Å². The molecule has 1 aromatic heterocycles. The Kier molecular flexibility index (Phi) is 2.79. The van der Waals surface area contributed by atoms with Gasteiger partial charge in [-0.25, -0.2) is 4.68 Å². The van der Waals surface area contributed by atoms with Gasteiger partial charge >= 0.3 is 0 Å². The van der Waals surface area contributed by atoms with Crippen molar-refractivity contribution in [2.24, 2.45) is 0 Å². The molecule has 1 heterocycles. The highest BCUT2D eigenvalue weighted by atomic mass is 35.5. The molecule has 82 valence electrons. The number of carbonyl (C=O) groups is 1. The van der Waals surface area contributed by atoms with Gasteiger partial charge in [0.2, 0.25) is 0 Å². The van der Waals surface area contributed by atoms with Gasteiger partial charge in [-0.1, -0.05) is 29.3 Å². The molecule has 0 spiro atoms. The van der Waals surface area contributed by atoms with Crippen LogP contribution in [0.1, 0.15) is 22.8 Å². The van der Waals surface area contributed by atoms with E-state index in [1.54, 1.807) is 4.68 Å². The van der Waals surface area contributed by atoms with Crippen molar-refractivity contribution in [1.29, 1.82) is 0 Å². The number of rotatable bonds is 2. The maximum Gasteiger partial charge on any atom is 0.164 e. The summed E-state index contributed by atoms with van der Waals surface area (Å²) in [7, 11) is 0. The average Bonchev–Trinajstić information content (AvgIpc) is 2.61. The summed E-state index contributed by atoms with van der Waals surface area (Å²) in [5, 5.41) is 4.46. The van der Waals surface area contributed by atoms with Crippen LogP contribution in [0, 0.1) is 6.92 Å². The minimum atomic E-state index is -0.0802. The summed E-state index contributed by atoms with van der Waals surface area (Å²) in [5.74, 6) is -0.0802. The summed E-state index contributed by atoms with van der Waals surface area (Å²) in [6.45, 7) is 3.48. The van der Waals surface area contributed by atoms with Gasteiger partial charge in [0.15, 0.2) is 5.78 Å². The Morgan fingerprint density at radius 1 is 1.31 bits per heavy atom. The molecule has 0 bridgehead atoms. The Morgan fingerprint density at radius 2 is 1.94 bits per heavy atom. The monoisotopic (exact) mass is 234 g/mol. The smallest absolute Gasteiger partial charge is 0.164 e. The topological polar surface area (TPSA) is 34.9 Å². The van der Waals surface area contributed by atoms with E-state index in [4.69, 9.17) is 11.6 Å². The van der Waals surface area contributed by atoms with Crippen LogP contribution in [0.2, 0.25) is 5.15 Å². The van der Waals surface area contributed by atoms with Crippen molar-refractivity contribution < 1.29 is 4.79 Å². The highest BCUT2D eigenvalue weighted by Crippen LogP contribution is 2.20. The Bertz CT molecular complexity index is 528. The molecule has 0 radical (unpaired) electrons. The largest absolute Gasteiger partial charge is 0.294 e. The number of halogens is 1. The Hall–Kier alpha value is -1.61. The molecule has 2 aromatic rings. The molecule has 3 nitrogen and oxygen atoms in total. The Morgan fingerprint density at radius 3 is 2.44 bits per heavy atom. The summed E-state index contributed by atoms with van der Waals surface area (Å²) < 4.78 is 1.55. The highest BCUT2D eigenvalue weighted by molar-refractivity contribution is 6.33. The van der Waals surface area contributed by atoms with Crippen molar-refractivity contribution in [2.45, 2.75) is 13.8 Å². The summed E-state index contributed by atoms with van der Waals surface area (Å²) in [6.07, 6.45) is 1.49. The van der Waals surface area contributed by atoms with Crippen LogP contribution in [-0.2, 0) is 0 Å². The van der Waals surface area contributed by atoms with Crippen molar-refractivity contribution >= 4 is 17.4 Å². The zero-order chi connectivity index (χ0) is 11.7. The van der Waals surface area contributed by atoms with E-state index >= 15 is 0 Å². The van der Waals surface area contributed by atoms with E-state index in [1.165, 1.54) is 18.7 Å². The molecule has 0 saturated carbocycles. The molecule has 0 atom stereocenters. The van der Waals surface area contributed by atoms with E-state index in [0.29, 0.717) is 10.7 Å². The fourth-order valence-electron chi connectivity index (χ4n) is 1.44. The van der Waals surface area contributed by atoms with Gasteiger partial charge in [-0.05, 0) is 26.0 Å². The van der Waals surface area contributed by atoms with Gasteiger partial charge in [0.05, 0.1) is 17.4 Å². The number of aryl methyl sites for hydroxylation is 1. The number of benzene rings is 1. The third kappa shape index (κ3) is 1.86. The van der Waals surface area contributed by atoms with E-state index in [2.05, 4.69) is 5.10 Å². The average molecular weight is 235 g/mol. The number of Topliss-reactive ketones (excluding diaryl/α,β-unsaturated/α-hetero) is 1. The first-order chi connectivity index (χ1) is 7.59. The Labute approximate surface area is 98.7 Å². The molecule has 0 N–H and O–H groups in total. The van der Waals surface area contributed by atoms with Gasteiger partial charge in [0, 0.05) is 0 Å². The maximum absolute atomic E-state index is 11.2. The SMILES string of the molecule is CC(=O)c1cnn(-c2ccc(C)cc2)c1Cl. The molecule has 0 amide bonds. The first-order valence-electron chi connectivity index (χ1n) is 4.91. The molecular weight excluding hydrogens is 224 g/mol. The number of nitrogens with zero attached hydrogens (tertiary/aromatic N) is 2. The second kappa shape index (κ2) is 4.10. The van der Waals surface area contributed by atoms with Crippen LogP contribution in [0.4, 0.5) is 0 Å². The maximum atomic E-state index is 11.2. The molecular formula is C12H11ClN2O. The quantitative estimate of drug-likeness (QED) is 0.749. The van der Waals surface area contributed by atoms with Crippen molar-refractivity contribution in [3.63, 3.8) is 0 Å². The summed E-state index contributed by atoms with van der Waals surface area (Å²) >= 11 is 6.07. The molecule has 1 aromatic carbocycles. The predicted octanol–water partition coefficient (Wildman–Crippen LogP) is 3.04. The number of ketones is 1. The molecule has 0 aliphatic heterocycles. The first-order valence-corrected chi connectivity index (χ1v) is 5.29. The van der Waals surface area contributed by atoms with Crippen LogP contribution < -0.4 is 0 Å². The van der Waals surface area contributed by atoms with Gasteiger partial charge in [0.1, 0.15) is 5.15 Å². The van der Waals surface area contributed by atoms with Crippen LogP contribution in [0.3, 0.4) is 0 Å². The van der Waals surface area contributed by atoms with Crippen LogP contribution in [0.25, 0.3) is 5.69 Å². The molecule has 0 fully saturated rings. The lowest BCUT2D eigenvalue weighted by atomic mass is 10.2. The third-order valence-electron chi connectivity index (χ3n) is 2.37.